The molecule has 0 spiro atoms. The molecule has 110 valence electrons. The molecule has 0 aromatic carbocycles. The Morgan fingerprint density at radius 3 is 2.80 bits per heavy atom. The fourth-order valence-electron chi connectivity index (χ4n) is 1.75. The van der Waals surface area contributed by atoms with Crippen molar-refractivity contribution in [3.8, 4) is 5.88 Å². The minimum atomic E-state index is -0.162. The maximum Gasteiger partial charge on any atom is 0.260 e. The summed E-state index contributed by atoms with van der Waals surface area (Å²) in [7, 11) is 0. The maximum atomic E-state index is 5.70. The molecule has 6 nitrogen and oxygen atoms in total. The zero-order valence-corrected chi connectivity index (χ0v) is 12.5. The second kappa shape index (κ2) is 6.09. The number of fused-ring (bicyclic) bond motifs is 1. The monoisotopic (exact) mass is 278 g/mol. The van der Waals surface area contributed by atoms with Gasteiger partial charge in [0.1, 0.15) is 12.4 Å². The van der Waals surface area contributed by atoms with Crippen molar-refractivity contribution in [2.24, 2.45) is 0 Å². The number of ether oxygens (including phenoxy) is 2. The van der Waals surface area contributed by atoms with E-state index >= 15 is 0 Å². The fraction of sp³-hybridized carbons (Fsp3) is 0.571. The molecule has 0 amide bonds. The second-order valence-corrected chi connectivity index (χ2v) is 5.43. The molecule has 2 aromatic rings. The van der Waals surface area contributed by atoms with Crippen molar-refractivity contribution >= 4 is 11.5 Å². The molecule has 0 aliphatic carbocycles. The molecular weight excluding hydrogens is 256 g/mol. The molecule has 0 atom stereocenters. The number of hydrogen-bond donors (Lipinski definition) is 1. The van der Waals surface area contributed by atoms with Gasteiger partial charge in [-0.05, 0) is 27.7 Å². The predicted molar refractivity (Wildman–Crippen MR) is 78.4 cm³/mol. The molecule has 20 heavy (non-hydrogen) atoms. The molecule has 0 unspecified atom stereocenters. The van der Waals surface area contributed by atoms with E-state index in [1.54, 1.807) is 6.20 Å². The van der Waals surface area contributed by atoms with Crippen LogP contribution in [0.1, 0.15) is 27.7 Å². The number of aromatic nitrogens is 3. The van der Waals surface area contributed by atoms with E-state index < -0.39 is 0 Å². The van der Waals surface area contributed by atoms with Crippen LogP contribution in [0.25, 0.3) is 5.65 Å². The molecule has 0 fully saturated rings. The van der Waals surface area contributed by atoms with Crippen LogP contribution in [0.15, 0.2) is 18.6 Å². The minimum Gasteiger partial charge on any atom is -0.473 e. The van der Waals surface area contributed by atoms with Crippen LogP contribution in [0.4, 0.5) is 5.82 Å². The lowest BCUT2D eigenvalue weighted by Gasteiger charge is -2.19. The molecule has 0 saturated heterocycles. The van der Waals surface area contributed by atoms with E-state index in [1.807, 2.05) is 44.5 Å². The van der Waals surface area contributed by atoms with Gasteiger partial charge in [0.2, 0.25) is 5.65 Å². The van der Waals surface area contributed by atoms with Gasteiger partial charge in [0.15, 0.2) is 0 Å². The normalized spacial score (nSPS) is 11.8. The van der Waals surface area contributed by atoms with Crippen LogP contribution in [-0.4, -0.2) is 39.7 Å². The van der Waals surface area contributed by atoms with Gasteiger partial charge >= 0.3 is 0 Å². The van der Waals surface area contributed by atoms with Crippen molar-refractivity contribution < 1.29 is 9.47 Å². The molecule has 2 rings (SSSR count). The molecule has 6 heteroatoms. The van der Waals surface area contributed by atoms with Gasteiger partial charge < -0.3 is 14.8 Å². The van der Waals surface area contributed by atoms with Crippen molar-refractivity contribution in [3.05, 3.63) is 18.6 Å². The topological polar surface area (TPSA) is 60.7 Å². The average molecular weight is 278 g/mol. The van der Waals surface area contributed by atoms with E-state index in [4.69, 9.17) is 9.47 Å². The summed E-state index contributed by atoms with van der Waals surface area (Å²) in [6.45, 7) is 9.85. The van der Waals surface area contributed by atoms with Crippen LogP contribution in [0, 0.1) is 0 Å². The molecule has 0 saturated carbocycles. The van der Waals surface area contributed by atoms with Crippen molar-refractivity contribution in [2.75, 3.05) is 25.1 Å². The summed E-state index contributed by atoms with van der Waals surface area (Å²) in [6, 6.07) is 0. The second-order valence-electron chi connectivity index (χ2n) is 5.43. The van der Waals surface area contributed by atoms with Gasteiger partial charge in [0, 0.05) is 18.9 Å². The highest BCUT2D eigenvalue weighted by Gasteiger charge is 2.11. The predicted octanol–water partition coefficient (Wildman–Crippen LogP) is 2.36. The standard InChI is InChI=1S/C14H22N4O2/c1-5-15-11-10-18-7-6-16-12(18)13(17-11)19-8-9-20-14(2,3)4/h6-7,10,15H,5,8-9H2,1-4H3. The quantitative estimate of drug-likeness (QED) is 0.822. The summed E-state index contributed by atoms with van der Waals surface area (Å²) in [5.41, 5.74) is 0.549. The zero-order chi connectivity index (χ0) is 14.6. The average Bonchev–Trinajstić information content (AvgIpc) is 2.82. The van der Waals surface area contributed by atoms with Crippen LogP contribution in [0.2, 0.25) is 0 Å². The molecule has 0 aliphatic rings. The van der Waals surface area contributed by atoms with Crippen LogP contribution < -0.4 is 10.1 Å². The number of imidazole rings is 1. The number of nitrogens with zero attached hydrogens (tertiary/aromatic N) is 3. The SMILES string of the molecule is CCNc1cn2ccnc2c(OCCOC(C)(C)C)n1. The molecule has 0 radical (unpaired) electrons. The number of rotatable bonds is 6. The highest BCUT2D eigenvalue weighted by molar-refractivity contribution is 5.53. The third-order valence-corrected chi connectivity index (χ3v) is 2.56. The van der Waals surface area contributed by atoms with Crippen molar-refractivity contribution in [2.45, 2.75) is 33.3 Å². The Morgan fingerprint density at radius 1 is 1.30 bits per heavy atom. The van der Waals surface area contributed by atoms with E-state index in [2.05, 4.69) is 15.3 Å². The molecule has 0 bridgehead atoms. The summed E-state index contributed by atoms with van der Waals surface area (Å²) in [6.07, 6.45) is 5.49. The summed E-state index contributed by atoms with van der Waals surface area (Å²) >= 11 is 0. The van der Waals surface area contributed by atoms with Gasteiger partial charge in [-0.15, -0.1) is 0 Å². The van der Waals surface area contributed by atoms with Crippen molar-refractivity contribution in [1.82, 2.24) is 14.4 Å². The lowest BCUT2D eigenvalue weighted by atomic mass is 10.2. The Hall–Kier alpha value is -1.82. The zero-order valence-electron chi connectivity index (χ0n) is 12.5. The van der Waals surface area contributed by atoms with E-state index in [-0.39, 0.29) is 5.60 Å². The van der Waals surface area contributed by atoms with Gasteiger partial charge in [0.25, 0.3) is 5.88 Å². The Labute approximate surface area is 119 Å². The fourth-order valence-corrected chi connectivity index (χ4v) is 1.75. The third-order valence-electron chi connectivity index (χ3n) is 2.56. The highest BCUT2D eigenvalue weighted by atomic mass is 16.5. The Morgan fingerprint density at radius 2 is 2.10 bits per heavy atom. The Bertz CT molecular complexity index is 560. The summed E-state index contributed by atoms with van der Waals surface area (Å²) < 4.78 is 13.2. The van der Waals surface area contributed by atoms with Crippen LogP contribution in [0.3, 0.4) is 0 Å². The first-order valence-electron chi connectivity index (χ1n) is 6.84. The number of nitrogens with one attached hydrogen (secondary N) is 1. The van der Waals surface area contributed by atoms with Crippen LogP contribution in [-0.2, 0) is 4.74 Å². The van der Waals surface area contributed by atoms with E-state index in [0.717, 1.165) is 12.4 Å². The van der Waals surface area contributed by atoms with Gasteiger partial charge in [-0.2, -0.15) is 4.98 Å². The van der Waals surface area contributed by atoms with Crippen LogP contribution in [0.5, 0.6) is 5.88 Å². The van der Waals surface area contributed by atoms with E-state index in [9.17, 15) is 0 Å². The summed E-state index contributed by atoms with van der Waals surface area (Å²) in [5, 5.41) is 3.17. The number of hydrogen-bond acceptors (Lipinski definition) is 5. The largest absolute Gasteiger partial charge is 0.473 e. The maximum absolute atomic E-state index is 5.70. The molecule has 2 heterocycles. The van der Waals surface area contributed by atoms with Gasteiger partial charge in [-0.25, -0.2) is 4.98 Å². The van der Waals surface area contributed by atoms with Gasteiger partial charge in [-0.1, -0.05) is 0 Å². The molecular formula is C14H22N4O2. The van der Waals surface area contributed by atoms with Gasteiger partial charge in [-0.3, -0.25) is 4.40 Å². The first-order valence-corrected chi connectivity index (χ1v) is 6.84. The third kappa shape index (κ3) is 3.84. The minimum absolute atomic E-state index is 0.162. The summed E-state index contributed by atoms with van der Waals surface area (Å²) in [4.78, 5) is 8.68. The van der Waals surface area contributed by atoms with Crippen molar-refractivity contribution in [3.63, 3.8) is 0 Å². The Kier molecular flexibility index (Phi) is 4.44. The van der Waals surface area contributed by atoms with Crippen molar-refractivity contribution in [1.29, 1.82) is 0 Å². The van der Waals surface area contributed by atoms with Crippen LogP contribution >= 0.6 is 0 Å². The molecule has 1 N–H and O–H groups in total. The van der Waals surface area contributed by atoms with E-state index in [1.165, 1.54) is 0 Å². The first kappa shape index (κ1) is 14.6. The lowest BCUT2D eigenvalue weighted by molar-refractivity contribution is -0.0166. The Balaban J connectivity index is 2.06. The van der Waals surface area contributed by atoms with Gasteiger partial charge in [0.05, 0.1) is 18.4 Å². The summed E-state index contributed by atoms with van der Waals surface area (Å²) in [5.74, 6) is 1.29. The molecule has 0 aliphatic heterocycles. The van der Waals surface area contributed by atoms with E-state index in [0.29, 0.717) is 24.7 Å². The first-order chi connectivity index (χ1) is 9.49. The number of anilines is 1. The molecule has 2 aromatic heterocycles. The smallest absolute Gasteiger partial charge is 0.260 e. The highest BCUT2D eigenvalue weighted by Crippen LogP contribution is 2.18. The lowest BCUT2D eigenvalue weighted by Crippen LogP contribution is -2.22.